The van der Waals surface area contributed by atoms with Crippen LogP contribution >= 0.6 is 0 Å². The van der Waals surface area contributed by atoms with Crippen LogP contribution in [0.3, 0.4) is 0 Å². The van der Waals surface area contributed by atoms with Gasteiger partial charge in [0.15, 0.2) is 0 Å². The SMILES string of the molecule is CCN(CC)c1ccc2cc(C(N)=O)c(=NNC(=O)c3ccccc3)oc2c1. The quantitative estimate of drug-likeness (QED) is 0.644. The molecule has 144 valence electrons. The van der Waals surface area contributed by atoms with Crippen LogP contribution in [-0.4, -0.2) is 24.9 Å². The molecule has 28 heavy (non-hydrogen) atoms. The largest absolute Gasteiger partial charge is 0.436 e. The molecule has 7 heteroatoms. The molecule has 0 spiro atoms. The number of fused-ring (bicyclic) bond motifs is 1. The van der Waals surface area contributed by atoms with E-state index in [1.165, 1.54) is 0 Å². The van der Waals surface area contributed by atoms with E-state index in [1.807, 2.05) is 24.3 Å². The predicted molar refractivity (Wildman–Crippen MR) is 108 cm³/mol. The highest BCUT2D eigenvalue weighted by Crippen LogP contribution is 2.21. The number of rotatable bonds is 6. The zero-order valence-electron chi connectivity index (χ0n) is 15.8. The molecule has 3 rings (SSSR count). The van der Waals surface area contributed by atoms with Crippen molar-refractivity contribution in [2.45, 2.75) is 13.8 Å². The fourth-order valence-electron chi connectivity index (χ4n) is 2.91. The fourth-order valence-corrected chi connectivity index (χ4v) is 2.91. The molecule has 0 aliphatic heterocycles. The van der Waals surface area contributed by atoms with Gasteiger partial charge in [-0.3, -0.25) is 9.59 Å². The molecule has 0 unspecified atom stereocenters. The molecule has 2 amide bonds. The van der Waals surface area contributed by atoms with Crippen LogP contribution in [0.4, 0.5) is 5.69 Å². The lowest BCUT2D eigenvalue weighted by atomic mass is 10.1. The summed E-state index contributed by atoms with van der Waals surface area (Å²) in [4.78, 5) is 26.2. The number of carbonyl (C=O) groups is 2. The maximum absolute atomic E-state index is 12.2. The van der Waals surface area contributed by atoms with Gasteiger partial charge in [0.25, 0.3) is 11.8 Å². The van der Waals surface area contributed by atoms with Crippen LogP contribution < -0.4 is 21.6 Å². The molecule has 0 saturated carbocycles. The normalized spacial score (nSPS) is 11.4. The van der Waals surface area contributed by atoms with Crippen LogP contribution in [0.2, 0.25) is 0 Å². The highest BCUT2D eigenvalue weighted by Gasteiger charge is 2.12. The third-order valence-electron chi connectivity index (χ3n) is 4.42. The van der Waals surface area contributed by atoms with Crippen LogP contribution in [0.25, 0.3) is 11.0 Å². The number of anilines is 1. The summed E-state index contributed by atoms with van der Waals surface area (Å²) in [6.45, 7) is 5.85. The fraction of sp³-hybridized carbons (Fsp3) is 0.190. The van der Waals surface area contributed by atoms with E-state index in [4.69, 9.17) is 10.2 Å². The summed E-state index contributed by atoms with van der Waals surface area (Å²) in [5.74, 6) is -1.10. The van der Waals surface area contributed by atoms with E-state index in [9.17, 15) is 9.59 Å². The number of primary amides is 1. The van der Waals surface area contributed by atoms with Crippen LogP contribution in [0.1, 0.15) is 34.6 Å². The molecule has 3 N–H and O–H groups in total. The average Bonchev–Trinajstić information content (AvgIpc) is 2.72. The first-order chi connectivity index (χ1) is 13.5. The number of benzene rings is 2. The Bertz CT molecular complexity index is 1070. The smallest absolute Gasteiger partial charge is 0.271 e. The number of nitrogens with zero attached hydrogens (tertiary/aromatic N) is 2. The molecular formula is C21H22N4O3. The molecule has 0 fully saturated rings. The lowest BCUT2D eigenvalue weighted by Crippen LogP contribution is -2.27. The van der Waals surface area contributed by atoms with Gasteiger partial charge in [-0.25, -0.2) is 5.43 Å². The second kappa shape index (κ2) is 8.39. The van der Waals surface area contributed by atoms with Gasteiger partial charge < -0.3 is 15.1 Å². The van der Waals surface area contributed by atoms with E-state index in [2.05, 4.69) is 29.3 Å². The van der Waals surface area contributed by atoms with Gasteiger partial charge in [-0.2, -0.15) is 0 Å². The Morgan fingerprint density at radius 2 is 1.79 bits per heavy atom. The van der Waals surface area contributed by atoms with Crippen molar-refractivity contribution in [1.29, 1.82) is 0 Å². The first-order valence-corrected chi connectivity index (χ1v) is 9.05. The Morgan fingerprint density at radius 1 is 1.07 bits per heavy atom. The molecule has 0 aliphatic carbocycles. The van der Waals surface area contributed by atoms with Gasteiger partial charge in [0.05, 0.1) is 0 Å². The summed E-state index contributed by atoms with van der Waals surface area (Å²) in [6.07, 6.45) is 0. The Balaban J connectivity index is 2.04. The second-order valence-electron chi connectivity index (χ2n) is 6.14. The number of amides is 2. The van der Waals surface area contributed by atoms with E-state index >= 15 is 0 Å². The average molecular weight is 378 g/mol. The van der Waals surface area contributed by atoms with Crippen molar-refractivity contribution in [1.82, 2.24) is 5.43 Å². The molecule has 0 aliphatic rings. The third kappa shape index (κ3) is 4.03. The summed E-state index contributed by atoms with van der Waals surface area (Å²) >= 11 is 0. The van der Waals surface area contributed by atoms with Gasteiger partial charge in [-0.1, -0.05) is 18.2 Å². The minimum Gasteiger partial charge on any atom is -0.436 e. The molecule has 7 nitrogen and oxygen atoms in total. The lowest BCUT2D eigenvalue weighted by molar-refractivity contribution is 0.0946. The van der Waals surface area contributed by atoms with E-state index in [1.54, 1.807) is 30.3 Å². The maximum atomic E-state index is 12.2. The van der Waals surface area contributed by atoms with Gasteiger partial charge >= 0.3 is 0 Å². The Morgan fingerprint density at radius 3 is 2.43 bits per heavy atom. The minimum atomic E-state index is -0.689. The topological polar surface area (TPSA) is 101 Å². The monoisotopic (exact) mass is 378 g/mol. The van der Waals surface area contributed by atoms with Crippen molar-refractivity contribution in [3.63, 3.8) is 0 Å². The van der Waals surface area contributed by atoms with Gasteiger partial charge in [0.2, 0.25) is 5.55 Å². The van der Waals surface area contributed by atoms with Crippen LogP contribution in [-0.2, 0) is 0 Å². The van der Waals surface area contributed by atoms with Crippen molar-refractivity contribution in [2.24, 2.45) is 10.8 Å². The van der Waals surface area contributed by atoms with Crippen LogP contribution in [0.15, 0.2) is 64.1 Å². The number of hydrogen-bond acceptors (Lipinski definition) is 5. The molecule has 3 aromatic rings. The maximum Gasteiger partial charge on any atom is 0.271 e. The Kier molecular flexibility index (Phi) is 5.74. The highest BCUT2D eigenvalue weighted by atomic mass is 16.3. The Hall–Kier alpha value is -3.61. The Labute approximate surface area is 162 Å². The van der Waals surface area contributed by atoms with Gasteiger partial charge in [-0.15, -0.1) is 5.10 Å². The van der Waals surface area contributed by atoms with Gasteiger partial charge in [-0.05, 0) is 44.2 Å². The van der Waals surface area contributed by atoms with E-state index in [0.29, 0.717) is 11.1 Å². The van der Waals surface area contributed by atoms with E-state index < -0.39 is 11.8 Å². The number of nitrogens with two attached hydrogens (primary N) is 1. The number of carbonyl (C=O) groups excluding carboxylic acids is 2. The molecular weight excluding hydrogens is 356 g/mol. The van der Waals surface area contributed by atoms with Crippen LogP contribution in [0.5, 0.6) is 0 Å². The minimum absolute atomic E-state index is 0.0408. The van der Waals surface area contributed by atoms with Crippen molar-refractivity contribution >= 4 is 28.5 Å². The molecule has 0 saturated heterocycles. The number of hydrogen-bond donors (Lipinski definition) is 2. The van der Waals surface area contributed by atoms with E-state index in [0.717, 1.165) is 24.2 Å². The lowest BCUT2D eigenvalue weighted by Gasteiger charge is -2.21. The highest BCUT2D eigenvalue weighted by molar-refractivity contribution is 5.96. The number of nitrogens with one attached hydrogen (secondary N) is 1. The van der Waals surface area contributed by atoms with Crippen molar-refractivity contribution in [2.75, 3.05) is 18.0 Å². The summed E-state index contributed by atoms with van der Waals surface area (Å²) in [5, 5.41) is 4.71. The molecule has 0 atom stereocenters. The molecule has 1 heterocycles. The second-order valence-corrected chi connectivity index (χ2v) is 6.14. The molecule has 0 radical (unpaired) electrons. The molecule has 0 bridgehead atoms. The van der Waals surface area contributed by atoms with Crippen LogP contribution in [0, 0.1) is 0 Å². The van der Waals surface area contributed by atoms with Gasteiger partial charge in [0, 0.05) is 35.8 Å². The first kappa shape index (κ1) is 19.2. The summed E-state index contributed by atoms with van der Waals surface area (Å²) in [6, 6.07) is 15.9. The van der Waals surface area contributed by atoms with E-state index in [-0.39, 0.29) is 11.1 Å². The first-order valence-electron chi connectivity index (χ1n) is 9.05. The summed E-state index contributed by atoms with van der Waals surface area (Å²) < 4.78 is 5.81. The zero-order chi connectivity index (χ0) is 20.1. The van der Waals surface area contributed by atoms with Crippen molar-refractivity contribution in [3.05, 3.63) is 71.3 Å². The summed E-state index contributed by atoms with van der Waals surface area (Å²) in [7, 11) is 0. The summed E-state index contributed by atoms with van der Waals surface area (Å²) in [5.41, 5.74) is 9.90. The predicted octanol–water partition coefficient (Wildman–Crippen LogP) is 2.62. The third-order valence-corrected chi connectivity index (χ3v) is 4.42. The van der Waals surface area contributed by atoms with Crippen molar-refractivity contribution in [3.8, 4) is 0 Å². The van der Waals surface area contributed by atoms with Crippen molar-refractivity contribution < 1.29 is 14.0 Å². The molecule has 1 aromatic heterocycles. The molecule has 2 aromatic carbocycles. The zero-order valence-corrected chi connectivity index (χ0v) is 15.8. The standard InChI is InChI=1S/C21H22N4O3/c1-3-25(4-2)16-11-10-15-12-17(19(22)26)21(28-18(15)13-16)24-23-20(27)14-8-6-5-7-9-14/h5-13H,3-4H2,1-2H3,(H2,22,26)(H,23,27). The van der Waals surface area contributed by atoms with Gasteiger partial charge in [0.1, 0.15) is 11.1 Å².